The number of fused-ring (bicyclic) bond motifs is 3. The molecule has 0 radical (unpaired) electrons. The van der Waals surface area contributed by atoms with E-state index in [1.165, 1.54) is 60.1 Å². The topological polar surface area (TPSA) is 49.9 Å². The molecule has 2 nitrogen and oxygen atoms in total. The van der Waals surface area contributed by atoms with Crippen molar-refractivity contribution in [3.05, 3.63) is 199 Å². The summed E-state index contributed by atoms with van der Waals surface area (Å²) in [4.78, 5) is 0. The number of hydrogen-bond donors (Lipinski definition) is 2. The van der Waals surface area contributed by atoms with Crippen molar-refractivity contribution < 1.29 is 0 Å². The van der Waals surface area contributed by atoms with Crippen molar-refractivity contribution in [2.45, 2.75) is 6.92 Å². The average molecular weight is 617 g/mol. The number of benzene rings is 8. The lowest BCUT2D eigenvalue weighted by atomic mass is 9.85. The molecule has 0 aliphatic carbocycles. The van der Waals surface area contributed by atoms with Crippen LogP contribution in [0.25, 0.3) is 60.3 Å². The van der Waals surface area contributed by atoms with Crippen molar-refractivity contribution in [2.24, 2.45) is 5.73 Å². The lowest BCUT2D eigenvalue weighted by Crippen LogP contribution is -2.02. The molecule has 0 amide bonds. The molecule has 8 aromatic carbocycles. The predicted octanol–water partition coefficient (Wildman–Crippen LogP) is 11.8. The molecule has 0 unspecified atom stereocenters. The molecule has 0 atom stereocenters. The van der Waals surface area contributed by atoms with E-state index >= 15 is 0 Å². The molecule has 3 N–H and O–H groups in total. The molecule has 0 spiro atoms. The predicted molar refractivity (Wildman–Crippen MR) is 206 cm³/mol. The van der Waals surface area contributed by atoms with Crippen LogP contribution in [-0.4, -0.2) is 5.71 Å². The average Bonchev–Trinajstić information content (AvgIpc) is 3.15. The van der Waals surface area contributed by atoms with E-state index in [-0.39, 0.29) is 0 Å². The van der Waals surface area contributed by atoms with E-state index in [9.17, 15) is 0 Å². The van der Waals surface area contributed by atoms with Crippen LogP contribution in [0.4, 0.5) is 0 Å². The minimum absolute atomic E-state index is 0.423. The molecular formula is C46H36N2. The van der Waals surface area contributed by atoms with Crippen LogP contribution in [0.2, 0.25) is 0 Å². The molecular weight excluding hydrogens is 581 g/mol. The van der Waals surface area contributed by atoms with Gasteiger partial charge in [0.15, 0.2) is 0 Å². The van der Waals surface area contributed by atoms with Gasteiger partial charge in [0.25, 0.3) is 0 Å². The maximum absolute atomic E-state index is 7.95. The van der Waals surface area contributed by atoms with E-state index in [1.807, 2.05) is 60.7 Å². The molecule has 0 saturated heterocycles. The summed E-state index contributed by atoms with van der Waals surface area (Å²) < 4.78 is 0. The van der Waals surface area contributed by atoms with Crippen LogP contribution in [0.15, 0.2) is 182 Å². The van der Waals surface area contributed by atoms with Crippen molar-refractivity contribution >= 4 is 43.7 Å². The van der Waals surface area contributed by atoms with Gasteiger partial charge >= 0.3 is 0 Å². The van der Waals surface area contributed by atoms with Crippen LogP contribution in [-0.2, 0) is 0 Å². The molecule has 0 bridgehead atoms. The first-order valence-electron chi connectivity index (χ1n) is 16.2. The summed E-state index contributed by atoms with van der Waals surface area (Å²) in [6.45, 7) is 2.14. The fourth-order valence-electron chi connectivity index (χ4n) is 6.39. The zero-order valence-electron chi connectivity index (χ0n) is 26.9. The highest BCUT2D eigenvalue weighted by molar-refractivity contribution is 6.21. The largest absolute Gasteiger partial charge is 0.398 e. The van der Waals surface area contributed by atoms with E-state index in [1.54, 1.807) is 6.08 Å². The van der Waals surface area contributed by atoms with Gasteiger partial charge in [-0.25, -0.2) is 0 Å². The van der Waals surface area contributed by atoms with E-state index in [4.69, 9.17) is 11.1 Å². The van der Waals surface area contributed by atoms with Gasteiger partial charge in [-0.1, -0.05) is 175 Å². The Hall–Kier alpha value is -6.25. The van der Waals surface area contributed by atoms with Gasteiger partial charge in [0.1, 0.15) is 0 Å². The van der Waals surface area contributed by atoms with Gasteiger partial charge in [-0.3, -0.25) is 0 Å². The summed E-state index contributed by atoms with van der Waals surface area (Å²) in [5, 5.41) is 15.7. The summed E-state index contributed by atoms with van der Waals surface area (Å²) in [6.07, 6.45) is 1.69. The Morgan fingerprint density at radius 1 is 0.458 bits per heavy atom. The lowest BCUT2D eigenvalue weighted by molar-refractivity contribution is 1.47. The third-order valence-corrected chi connectivity index (χ3v) is 8.80. The molecule has 8 rings (SSSR count). The van der Waals surface area contributed by atoms with Crippen molar-refractivity contribution in [3.63, 3.8) is 0 Å². The van der Waals surface area contributed by atoms with Crippen molar-refractivity contribution in [1.82, 2.24) is 0 Å². The first-order valence-corrected chi connectivity index (χ1v) is 16.2. The highest BCUT2D eigenvalue weighted by Crippen LogP contribution is 2.44. The van der Waals surface area contributed by atoms with E-state index < -0.39 is 0 Å². The van der Waals surface area contributed by atoms with Crippen molar-refractivity contribution in [1.29, 1.82) is 5.41 Å². The Labute approximate surface area is 282 Å². The molecule has 0 aliphatic rings. The first kappa shape index (κ1) is 30.4. The molecule has 0 aliphatic heterocycles. The van der Waals surface area contributed by atoms with Crippen molar-refractivity contribution in [3.8, 4) is 22.3 Å². The Bertz CT molecular complexity index is 2350. The van der Waals surface area contributed by atoms with E-state index in [2.05, 4.69) is 122 Å². The van der Waals surface area contributed by atoms with Crippen LogP contribution in [0.1, 0.15) is 16.7 Å². The third-order valence-electron chi connectivity index (χ3n) is 8.80. The van der Waals surface area contributed by atoms with Gasteiger partial charge in [-0.15, -0.1) is 0 Å². The van der Waals surface area contributed by atoms with Crippen LogP contribution in [0.5, 0.6) is 0 Å². The number of hydrogen-bond acceptors (Lipinski definition) is 2. The summed E-state index contributed by atoms with van der Waals surface area (Å²) in [7, 11) is 0. The van der Waals surface area contributed by atoms with E-state index in [0.29, 0.717) is 11.4 Å². The third kappa shape index (κ3) is 6.25. The molecule has 0 saturated carbocycles. The Balaban J connectivity index is 0.000000182. The van der Waals surface area contributed by atoms with Gasteiger partial charge in [0.05, 0.1) is 5.71 Å². The summed E-state index contributed by atoms with van der Waals surface area (Å²) in [5.41, 5.74) is 15.2. The number of aryl methyl sites for hydroxylation is 1. The zero-order valence-corrected chi connectivity index (χ0v) is 26.9. The highest BCUT2D eigenvalue weighted by Gasteiger charge is 2.16. The Morgan fingerprint density at radius 2 is 0.896 bits per heavy atom. The SMILES string of the molecule is Cc1ccc(-c2c3ccccc3c(-c3ccc4ccccc4c3)c3ccccc23)cc1.N=C(/C=C(\N)c1ccccc1)c1ccccc1. The normalized spacial score (nSPS) is 11.3. The maximum atomic E-state index is 7.95. The minimum Gasteiger partial charge on any atom is -0.398 e. The second-order valence-corrected chi connectivity index (χ2v) is 12.0. The second-order valence-electron chi connectivity index (χ2n) is 12.0. The fourth-order valence-corrected chi connectivity index (χ4v) is 6.39. The Kier molecular flexibility index (Phi) is 8.63. The molecule has 230 valence electrons. The smallest absolute Gasteiger partial charge is 0.0632 e. The van der Waals surface area contributed by atoms with Gasteiger partial charge in [0.2, 0.25) is 0 Å². The molecule has 0 heterocycles. The zero-order chi connectivity index (χ0) is 32.9. The van der Waals surface area contributed by atoms with Gasteiger partial charge in [-0.05, 0) is 84.8 Å². The van der Waals surface area contributed by atoms with Crippen molar-refractivity contribution in [2.75, 3.05) is 0 Å². The van der Waals surface area contributed by atoms with Gasteiger partial charge in [-0.2, -0.15) is 0 Å². The van der Waals surface area contributed by atoms with Gasteiger partial charge in [0, 0.05) is 5.70 Å². The summed E-state index contributed by atoms with van der Waals surface area (Å²) in [5.74, 6) is 0. The first-order chi connectivity index (χ1) is 23.6. The summed E-state index contributed by atoms with van der Waals surface area (Å²) >= 11 is 0. The van der Waals surface area contributed by atoms with Crippen LogP contribution >= 0.6 is 0 Å². The highest BCUT2D eigenvalue weighted by atomic mass is 14.6. The fraction of sp³-hybridized carbons (Fsp3) is 0.0217. The molecule has 0 fully saturated rings. The molecule has 0 aromatic heterocycles. The standard InChI is InChI=1S/C31H22.C15H14N2/c1-21-14-16-23(17-15-21)30-26-10-4-6-12-28(26)31(29-13-7-5-11-27(29)30)25-19-18-22-8-2-3-9-24(22)20-25;16-14(12-7-3-1-4-8-12)11-15(17)13-9-5-2-6-10-13/h2-20H,1H3;1-11,16H,17H2/b;15-11-,16-14?. The van der Waals surface area contributed by atoms with E-state index in [0.717, 1.165) is 11.1 Å². The monoisotopic (exact) mass is 616 g/mol. The quantitative estimate of drug-likeness (QED) is 0.147. The van der Waals surface area contributed by atoms with Crippen LogP contribution in [0, 0.1) is 12.3 Å². The maximum Gasteiger partial charge on any atom is 0.0632 e. The summed E-state index contributed by atoms with van der Waals surface area (Å²) in [6, 6.07) is 61.2. The number of nitrogens with two attached hydrogens (primary N) is 1. The van der Waals surface area contributed by atoms with Crippen LogP contribution < -0.4 is 5.73 Å². The van der Waals surface area contributed by atoms with Crippen LogP contribution in [0.3, 0.4) is 0 Å². The van der Waals surface area contributed by atoms with Gasteiger partial charge < -0.3 is 11.1 Å². The minimum atomic E-state index is 0.423. The lowest BCUT2D eigenvalue weighted by Gasteiger charge is -2.18. The number of nitrogens with one attached hydrogen (secondary N) is 1. The number of allylic oxidation sites excluding steroid dienone is 1. The molecule has 8 aromatic rings. The number of rotatable bonds is 5. The second kappa shape index (κ2) is 13.6. The Morgan fingerprint density at radius 3 is 1.46 bits per heavy atom. The molecule has 2 heteroatoms. The molecule has 48 heavy (non-hydrogen) atoms.